The van der Waals surface area contributed by atoms with E-state index in [9.17, 15) is 0 Å². The summed E-state index contributed by atoms with van der Waals surface area (Å²) in [5.74, 6) is 0. The van der Waals surface area contributed by atoms with E-state index in [-0.39, 0.29) is 59.1 Å². The molecule has 0 amide bonds. The second kappa shape index (κ2) is 43.3. The molecule has 0 bridgehead atoms. The molecule has 1 radical (unpaired) electrons. The number of unbranched alkanes of at least 4 members (excludes halogenated alkanes) is 1. The standard InChI is InChI=1S/C40H46B2N2O4.C28H22Br2N2.C28H24N2.C14H13N.C8H17BO3.C4H9.BHNS.Li/c1-11-43-33-17-13-25(21-29(33)31-23-27(15-19-35(31)43)41-45-37(3,4)38(5,6)46-41)26-14-18-34-30(22-26)32-24-28(16-20-36(32)44(34)12-2)42-47-39(7,8)40(9,10)48-42;1-3-31-25-9-5-17(13-21(25)23-15-19(29)7-11-27(23)31)18-6-10-26-22(14-18)24-16-20(30)8-12-28(24)32(26)4-2;1-3-29-25-11-7-5-9-21(25)23-17-19(13-15-27(23)29)20-14-16-28-24(18-20)22-10-6-8-12-26(22)30(28)4-2;1-2-15-13-9-5-3-7-11(13)12-8-4-6-10-14(12)15;1-6(2)10-9-11-7(3)8(4,5)12-9;1-3-4-2;1-2-3;/h13-24H,11-12H2,1-10H3;5-16H,3-4H2,1-2H3;5-18H,3-4H2,1-2H3;3-10H,2H2,1H3;6-7H,1-5H3;1,3-4H2,2H3;3H;/q;;;;;-1;;+1. The third kappa shape index (κ3) is 20.0. The van der Waals surface area contributed by atoms with Crippen molar-refractivity contribution < 1.29 is 51.4 Å². The van der Waals surface area contributed by atoms with Crippen molar-refractivity contribution in [3.8, 4) is 33.4 Å². The number of benzene rings is 14. The topological polar surface area (TPSA) is 111 Å². The van der Waals surface area contributed by atoms with Gasteiger partial charge in [-0.3, -0.25) is 0 Å². The molecule has 0 saturated carbocycles. The van der Waals surface area contributed by atoms with Crippen LogP contribution in [0.3, 0.4) is 0 Å². The molecule has 145 heavy (non-hydrogen) atoms. The molecule has 1 atom stereocenters. The normalized spacial score (nSPS) is 15.5. The number of hydrogen-bond donors (Lipinski definition) is 1. The van der Waals surface area contributed by atoms with Crippen molar-refractivity contribution in [1.82, 2.24) is 32.0 Å². The molecule has 7 aromatic heterocycles. The summed E-state index contributed by atoms with van der Waals surface area (Å²) in [7, 11) is 3.05. The van der Waals surface area contributed by atoms with Gasteiger partial charge in [0.1, 0.15) is 0 Å². The van der Waals surface area contributed by atoms with Crippen molar-refractivity contribution in [3.63, 3.8) is 0 Å². The van der Waals surface area contributed by atoms with Crippen LogP contribution in [-0.2, 0) is 78.4 Å². The van der Waals surface area contributed by atoms with Gasteiger partial charge in [0.05, 0.1) is 34.1 Å². The number of rotatable bonds is 15. The molecule has 0 N–H and O–H groups in total. The third-order valence-electron chi connectivity index (χ3n) is 30.4. The van der Waals surface area contributed by atoms with Gasteiger partial charge >= 0.3 is 65.2 Å². The van der Waals surface area contributed by atoms with Crippen LogP contribution in [0, 0.1) is 6.92 Å². The van der Waals surface area contributed by atoms with Crippen molar-refractivity contribution in [2.45, 2.75) is 244 Å². The number of thiol groups is 1. The number of fused-ring (bicyclic) bond motifs is 21. The molecule has 10 heterocycles. The zero-order valence-corrected chi connectivity index (χ0v) is 92.3. The number of aromatic nitrogens is 7. The molecule has 23 heteroatoms. The minimum absolute atomic E-state index is 0. The molecule has 24 rings (SSSR count). The zero-order valence-electron chi connectivity index (χ0n) is 88.2. The first kappa shape index (κ1) is 106. The fourth-order valence-electron chi connectivity index (χ4n) is 21.2. The van der Waals surface area contributed by atoms with Gasteiger partial charge in [-0.1, -0.05) is 179 Å². The van der Waals surface area contributed by atoms with E-state index in [1.807, 2.05) is 34.6 Å². The van der Waals surface area contributed by atoms with Gasteiger partial charge in [0.25, 0.3) is 0 Å². The average Bonchev–Trinajstić information content (AvgIpc) is 1.58. The van der Waals surface area contributed by atoms with E-state index in [1.54, 1.807) is 0 Å². The molecule has 14 aromatic carbocycles. The number of aryl methyl sites for hydroxylation is 7. The summed E-state index contributed by atoms with van der Waals surface area (Å²) in [6, 6.07) is 103. The van der Waals surface area contributed by atoms with Crippen LogP contribution in [-0.4, -0.2) is 101 Å². The Kier molecular flexibility index (Phi) is 31.5. The Morgan fingerprint density at radius 1 is 0.324 bits per heavy atom. The van der Waals surface area contributed by atoms with E-state index < -0.39 is 21.6 Å². The van der Waals surface area contributed by atoms with E-state index in [2.05, 4.69) is 485 Å². The maximum atomic E-state index is 6.44. The van der Waals surface area contributed by atoms with Crippen LogP contribution in [0.4, 0.5) is 0 Å². The molecule has 21 aromatic rings. The Hall–Kier alpha value is -10.6. The van der Waals surface area contributed by atoms with Gasteiger partial charge in [0.2, 0.25) is 0 Å². The Labute approximate surface area is 890 Å². The van der Waals surface area contributed by atoms with Crippen molar-refractivity contribution in [2.24, 2.45) is 4.30 Å². The van der Waals surface area contributed by atoms with Crippen molar-refractivity contribution >= 4 is 237 Å². The predicted octanol–water partition coefficient (Wildman–Crippen LogP) is 29.2. The summed E-state index contributed by atoms with van der Waals surface area (Å²) >= 11 is 10.5. The maximum absolute atomic E-state index is 6.44. The van der Waals surface area contributed by atoms with Gasteiger partial charge in [0.15, 0.2) is 0 Å². The quantitative estimate of drug-likeness (QED) is 0.0618. The number of para-hydroxylation sites is 4. The van der Waals surface area contributed by atoms with E-state index in [1.165, 1.54) is 192 Å². The molecule has 1 unspecified atom stereocenters. The summed E-state index contributed by atoms with van der Waals surface area (Å²) in [5.41, 5.74) is 25.7. The molecule has 3 aliphatic rings. The molecular formula is C122H132B4Br2LiN8O7S. The Balaban J connectivity index is 0.000000130. The van der Waals surface area contributed by atoms with Gasteiger partial charge in [-0.2, -0.15) is 6.42 Å². The third-order valence-corrected chi connectivity index (χ3v) is 31.3. The number of nitrogens with zero attached hydrogens (tertiary/aromatic N) is 8. The zero-order chi connectivity index (χ0) is 102. The Morgan fingerprint density at radius 2 is 0.524 bits per heavy atom. The Bertz CT molecular complexity index is 7920. The summed E-state index contributed by atoms with van der Waals surface area (Å²) < 4.78 is 63.8. The molecule has 3 fully saturated rings. The molecule has 735 valence electrons. The van der Waals surface area contributed by atoms with Crippen molar-refractivity contribution in [3.05, 3.63) is 295 Å². The van der Waals surface area contributed by atoms with Gasteiger partial charge in [-0.15, -0.1) is 0 Å². The summed E-state index contributed by atoms with van der Waals surface area (Å²) in [5, 5.41) is 18.2. The second-order valence-electron chi connectivity index (χ2n) is 40.7. The fourth-order valence-corrected chi connectivity index (χ4v) is 21.9. The smallest absolute Gasteiger partial charge is 0.343 e. The van der Waals surface area contributed by atoms with Gasteiger partial charge in [-0.25, -0.2) is 0 Å². The molecule has 15 nitrogen and oxygen atoms in total. The van der Waals surface area contributed by atoms with Crippen LogP contribution in [0.15, 0.2) is 292 Å². The van der Waals surface area contributed by atoms with Gasteiger partial charge in [-0.05, 0) is 328 Å². The second-order valence-corrected chi connectivity index (χ2v) is 42.7. The fraction of sp³-hybridized carbons (Fsp3) is 0.303. The predicted molar refractivity (Wildman–Crippen MR) is 625 cm³/mol. The SMILES string of the molecule is CC(C)OB1OC(C)C(C)(C)O1.CCn1c2ccc(B3OC(C)(C)C(C)(C)O3)cc2c2cc(-c3ccc4c(c3)c3cc(B5OC(C)(C)C(C)(C)O5)ccc3n4CC)ccc21.CCn1c2ccc(Br)cc2c2cc(-c3ccc4c(c3)c3cc(Br)ccc3n4CC)ccc21.CCn1c2ccccc2c2cc(-c3ccc4c(c3)c3ccccc3n4CC)ccc21.CCn1c2ccccc2c2ccccc21.[B]=NS.[CH2-]CCC.[Li+]. The van der Waals surface area contributed by atoms with Crippen LogP contribution in [0.1, 0.15) is 158 Å². The van der Waals surface area contributed by atoms with Crippen LogP contribution in [0.25, 0.3) is 186 Å². The molecule has 3 saturated heterocycles. The van der Waals surface area contributed by atoms with E-state index in [0.29, 0.717) is 0 Å². The van der Waals surface area contributed by atoms with Crippen LogP contribution < -0.4 is 29.8 Å². The monoisotopic (exact) mass is 2060 g/mol. The number of hydrogen-bond acceptors (Lipinski definition) is 9. The minimum Gasteiger partial charge on any atom is -0.343 e. The molecule has 0 aliphatic carbocycles. The molecule has 0 spiro atoms. The minimum atomic E-state index is -0.491. The van der Waals surface area contributed by atoms with Crippen LogP contribution in [0.5, 0.6) is 0 Å². The van der Waals surface area contributed by atoms with Gasteiger partial charge in [0, 0.05) is 214 Å². The summed E-state index contributed by atoms with van der Waals surface area (Å²) in [6.07, 6.45) is 2.50. The average molecular weight is 2060 g/mol. The van der Waals surface area contributed by atoms with E-state index in [4.69, 9.17) is 32.6 Å². The summed E-state index contributed by atoms with van der Waals surface area (Å²) in [4.78, 5) is 0. The van der Waals surface area contributed by atoms with Crippen molar-refractivity contribution in [2.75, 3.05) is 0 Å². The van der Waals surface area contributed by atoms with Crippen LogP contribution in [0.2, 0.25) is 0 Å². The first-order chi connectivity index (χ1) is 69.2. The maximum Gasteiger partial charge on any atom is 1.00 e. The van der Waals surface area contributed by atoms with E-state index >= 15 is 0 Å². The van der Waals surface area contributed by atoms with Gasteiger partial charge < -0.3 is 71.5 Å². The summed E-state index contributed by atoms with van der Waals surface area (Å²) in [6.45, 7) is 54.6. The van der Waals surface area contributed by atoms with E-state index in [0.717, 1.165) is 72.1 Å². The Morgan fingerprint density at radius 3 is 0.745 bits per heavy atom. The number of halogens is 2. The molecular weight excluding hydrogens is 1930 g/mol. The van der Waals surface area contributed by atoms with Crippen molar-refractivity contribution in [1.29, 1.82) is 0 Å². The molecule has 3 aliphatic heterocycles. The van der Waals surface area contributed by atoms with Crippen LogP contribution >= 0.6 is 44.7 Å². The first-order valence-corrected chi connectivity index (χ1v) is 53.3. The largest absolute Gasteiger partial charge is 1.00 e. The first-order valence-electron chi connectivity index (χ1n) is 51.3.